The lowest BCUT2D eigenvalue weighted by Crippen LogP contribution is -2.43. The molecule has 2 amide bonds. The third kappa shape index (κ3) is 5.88. The van der Waals surface area contributed by atoms with Gasteiger partial charge in [0.05, 0.1) is 17.7 Å². The van der Waals surface area contributed by atoms with Crippen LogP contribution in [-0.2, 0) is 30.4 Å². The number of aromatic nitrogens is 2. The molecule has 2 aliphatic heterocycles. The summed E-state index contributed by atoms with van der Waals surface area (Å²) in [4.78, 5) is 36.9. The lowest BCUT2D eigenvalue weighted by atomic mass is 10.1. The Hall–Kier alpha value is -4.22. The molecule has 1 N–H and O–H groups in total. The van der Waals surface area contributed by atoms with Crippen molar-refractivity contribution >= 4 is 28.8 Å². The summed E-state index contributed by atoms with van der Waals surface area (Å²) in [5, 5.41) is 2.67. The van der Waals surface area contributed by atoms with Crippen LogP contribution in [0.3, 0.4) is 0 Å². The van der Waals surface area contributed by atoms with Gasteiger partial charge in [-0.05, 0) is 67.1 Å². The first-order valence-electron chi connectivity index (χ1n) is 13.9. The van der Waals surface area contributed by atoms with Gasteiger partial charge in [0, 0.05) is 68.6 Å². The van der Waals surface area contributed by atoms with Gasteiger partial charge in [-0.3, -0.25) is 14.5 Å². The van der Waals surface area contributed by atoms with E-state index in [0.717, 1.165) is 55.2 Å². The van der Waals surface area contributed by atoms with Gasteiger partial charge in [0.25, 0.3) is 5.91 Å². The molecule has 4 heterocycles. The number of hydrogen-bond donors (Lipinski definition) is 1. The SMILES string of the molecule is CN1CCN(Cc2cc(NC(=O)c3ccc4c(c3)N(C(=O)Cc3cnc5ccccn35)CC4)cc(C(F)(F)F)c2)CC1. The van der Waals surface area contributed by atoms with Crippen LogP contribution in [0.4, 0.5) is 24.5 Å². The number of anilines is 2. The fraction of sp³-hybridized carbons (Fsp3) is 0.323. The average Bonchev–Trinajstić information content (AvgIpc) is 3.58. The second-order valence-electron chi connectivity index (χ2n) is 10.9. The molecule has 42 heavy (non-hydrogen) atoms. The summed E-state index contributed by atoms with van der Waals surface area (Å²) in [5.41, 5.74) is 3.12. The molecule has 8 nitrogen and oxygen atoms in total. The maximum Gasteiger partial charge on any atom is 0.416 e. The molecule has 0 saturated carbocycles. The van der Waals surface area contributed by atoms with E-state index >= 15 is 0 Å². The minimum atomic E-state index is -4.55. The van der Waals surface area contributed by atoms with E-state index in [1.807, 2.05) is 35.8 Å². The molecule has 11 heteroatoms. The zero-order valence-corrected chi connectivity index (χ0v) is 23.2. The van der Waals surface area contributed by atoms with E-state index in [9.17, 15) is 22.8 Å². The van der Waals surface area contributed by atoms with Crippen LogP contribution in [0.1, 0.15) is 32.7 Å². The Kier molecular flexibility index (Phi) is 7.46. The van der Waals surface area contributed by atoms with Crippen LogP contribution in [0.15, 0.2) is 67.0 Å². The predicted molar refractivity (Wildman–Crippen MR) is 154 cm³/mol. The fourth-order valence-corrected chi connectivity index (χ4v) is 5.63. The third-order valence-electron chi connectivity index (χ3n) is 7.95. The molecule has 6 rings (SSSR count). The van der Waals surface area contributed by atoms with Gasteiger partial charge in [-0.2, -0.15) is 13.2 Å². The van der Waals surface area contributed by atoms with Gasteiger partial charge >= 0.3 is 6.18 Å². The van der Waals surface area contributed by atoms with Gasteiger partial charge in [0.1, 0.15) is 5.65 Å². The van der Waals surface area contributed by atoms with Crippen molar-refractivity contribution in [2.24, 2.45) is 0 Å². The molecule has 2 aliphatic rings. The van der Waals surface area contributed by atoms with Crippen LogP contribution in [0.25, 0.3) is 5.65 Å². The lowest BCUT2D eigenvalue weighted by molar-refractivity contribution is -0.137. The van der Waals surface area contributed by atoms with Crippen molar-refractivity contribution in [2.45, 2.75) is 25.6 Å². The summed E-state index contributed by atoms with van der Waals surface area (Å²) in [6, 6.07) is 14.4. The van der Waals surface area contributed by atoms with Crippen molar-refractivity contribution in [3.05, 3.63) is 94.9 Å². The molecule has 0 unspecified atom stereocenters. The molecule has 2 aromatic carbocycles. The number of fused-ring (bicyclic) bond motifs is 2. The van der Waals surface area contributed by atoms with Crippen LogP contribution in [0.5, 0.6) is 0 Å². The van der Waals surface area contributed by atoms with Gasteiger partial charge in [-0.1, -0.05) is 12.1 Å². The first-order valence-corrected chi connectivity index (χ1v) is 13.9. The smallest absolute Gasteiger partial charge is 0.322 e. The number of carbonyl (C=O) groups is 2. The zero-order valence-electron chi connectivity index (χ0n) is 23.2. The van der Waals surface area contributed by atoms with E-state index in [1.165, 1.54) is 0 Å². The lowest BCUT2D eigenvalue weighted by Gasteiger charge is -2.32. The first kappa shape index (κ1) is 27.9. The van der Waals surface area contributed by atoms with E-state index in [1.54, 1.807) is 35.4 Å². The number of piperazine rings is 1. The molecular formula is C31H31F3N6O2. The monoisotopic (exact) mass is 576 g/mol. The standard InChI is InChI=1S/C31H31F3N6O2/c1-37-10-12-38(13-11-37)20-21-14-24(31(32,33)34)17-25(15-21)36-30(42)23-6-5-22-7-9-40(27(22)16-23)29(41)18-26-19-35-28-4-2-3-8-39(26)28/h2-6,8,14-17,19H,7,9-13,18,20H2,1H3,(H,36,42). The van der Waals surface area contributed by atoms with Crippen LogP contribution in [-0.4, -0.2) is 70.8 Å². The summed E-state index contributed by atoms with van der Waals surface area (Å²) >= 11 is 0. The highest BCUT2D eigenvalue weighted by Gasteiger charge is 2.32. The maximum atomic E-state index is 13.8. The van der Waals surface area contributed by atoms with Crippen LogP contribution in [0.2, 0.25) is 0 Å². The number of nitrogens with zero attached hydrogens (tertiary/aromatic N) is 5. The number of likely N-dealkylation sites (N-methyl/N-ethyl adjacent to an activating group) is 1. The largest absolute Gasteiger partial charge is 0.416 e. The number of alkyl halides is 3. The predicted octanol–water partition coefficient (Wildman–Crippen LogP) is 4.48. The number of carbonyl (C=O) groups excluding carboxylic acids is 2. The Bertz CT molecular complexity index is 1640. The van der Waals surface area contributed by atoms with Crippen molar-refractivity contribution in [1.29, 1.82) is 0 Å². The first-order chi connectivity index (χ1) is 20.1. The van der Waals surface area contributed by atoms with Crippen LogP contribution >= 0.6 is 0 Å². The summed E-state index contributed by atoms with van der Waals surface area (Å²) in [5.74, 6) is -0.660. The molecule has 0 aliphatic carbocycles. The number of halogens is 3. The molecule has 0 radical (unpaired) electrons. The molecule has 0 atom stereocenters. The highest BCUT2D eigenvalue weighted by molar-refractivity contribution is 6.06. The van der Waals surface area contributed by atoms with E-state index < -0.39 is 17.6 Å². The number of nitrogens with one attached hydrogen (secondary N) is 1. The molecule has 218 valence electrons. The highest BCUT2D eigenvalue weighted by Crippen LogP contribution is 2.33. The van der Waals surface area contributed by atoms with E-state index in [-0.39, 0.29) is 23.6 Å². The van der Waals surface area contributed by atoms with Crippen molar-refractivity contribution in [3.8, 4) is 0 Å². The molecule has 2 aromatic heterocycles. The summed E-state index contributed by atoms with van der Waals surface area (Å²) in [6.45, 7) is 4.06. The average molecular weight is 577 g/mol. The topological polar surface area (TPSA) is 73.2 Å². The number of hydrogen-bond acceptors (Lipinski definition) is 5. The Morgan fingerprint density at radius 1 is 0.976 bits per heavy atom. The fourth-order valence-electron chi connectivity index (χ4n) is 5.63. The summed E-state index contributed by atoms with van der Waals surface area (Å²) < 4.78 is 43.1. The van der Waals surface area contributed by atoms with Gasteiger partial charge < -0.3 is 19.5 Å². The van der Waals surface area contributed by atoms with Crippen molar-refractivity contribution in [1.82, 2.24) is 19.2 Å². The number of imidazole rings is 1. The van der Waals surface area contributed by atoms with Crippen LogP contribution in [0, 0.1) is 0 Å². The second-order valence-corrected chi connectivity index (χ2v) is 10.9. The van der Waals surface area contributed by atoms with Gasteiger partial charge in [0.15, 0.2) is 0 Å². The molecule has 0 spiro atoms. The minimum absolute atomic E-state index is 0.0833. The van der Waals surface area contributed by atoms with Crippen molar-refractivity contribution in [2.75, 3.05) is 50.0 Å². The van der Waals surface area contributed by atoms with Crippen molar-refractivity contribution in [3.63, 3.8) is 0 Å². The summed E-state index contributed by atoms with van der Waals surface area (Å²) in [6.07, 6.45) is -0.218. The molecule has 0 bridgehead atoms. The highest BCUT2D eigenvalue weighted by atomic mass is 19.4. The Balaban J connectivity index is 1.20. The Morgan fingerprint density at radius 2 is 1.79 bits per heavy atom. The summed E-state index contributed by atoms with van der Waals surface area (Å²) in [7, 11) is 2.02. The molecule has 4 aromatic rings. The number of benzene rings is 2. The molecule has 1 saturated heterocycles. The molecular weight excluding hydrogens is 545 g/mol. The third-order valence-corrected chi connectivity index (χ3v) is 7.95. The second kappa shape index (κ2) is 11.2. The maximum absolute atomic E-state index is 13.8. The quantitative estimate of drug-likeness (QED) is 0.367. The number of pyridine rings is 1. The van der Waals surface area contributed by atoms with E-state index in [0.29, 0.717) is 30.8 Å². The normalized spacial score (nSPS) is 16.1. The van der Waals surface area contributed by atoms with Crippen LogP contribution < -0.4 is 10.2 Å². The zero-order chi connectivity index (χ0) is 29.4. The van der Waals surface area contributed by atoms with Gasteiger partial charge in [-0.25, -0.2) is 4.98 Å². The van der Waals surface area contributed by atoms with E-state index in [2.05, 4.69) is 20.1 Å². The number of amides is 2. The minimum Gasteiger partial charge on any atom is -0.322 e. The van der Waals surface area contributed by atoms with Crippen molar-refractivity contribution < 1.29 is 22.8 Å². The molecule has 1 fully saturated rings. The van der Waals surface area contributed by atoms with Gasteiger partial charge in [0.2, 0.25) is 5.91 Å². The number of rotatable bonds is 6. The Morgan fingerprint density at radius 3 is 2.57 bits per heavy atom. The van der Waals surface area contributed by atoms with E-state index in [4.69, 9.17) is 0 Å². The van der Waals surface area contributed by atoms with Gasteiger partial charge in [-0.15, -0.1) is 0 Å². The Labute approximate surface area is 241 Å².